The van der Waals surface area contributed by atoms with Gasteiger partial charge in [-0.1, -0.05) is 0 Å². The van der Waals surface area contributed by atoms with Gasteiger partial charge < -0.3 is 20.6 Å². The van der Waals surface area contributed by atoms with Gasteiger partial charge in [0.25, 0.3) is 0 Å². The van der Waals surface area contributed by atoms with Gasteiger partial charge in [-0.05, 0) is 31.0 Å². The number of rotatable bonds is 8. The number of nitrogens with zero attached hydrogens (tertiary/aromatic N) is 8. The van der Waals surface area contributed by atoms with Gasteiger partial charge >= 0.3 is 0 Å². The molecule has 0 aliphatic heterocycles. The van der Waals surface area contributed by atoms with Crippen molar-refractivity contribution in [3.8, 4) is 11.8 Å². The maximum atomic E-state index is 9.44. The molecule has 0 unspecified atom stereocenters. The molecule has 3 heterocycles. The van der Waals surface area contributed by atoms with Crippen molar-refractivity contribution < 1.29 is 5.11 Å². The summed E-state index contributed by atoms with van der Waals surface area (Å²) in [6.45, 7) is 0.542. The molecule has 0 amide bonds. The van der Waals surface area contributed by atoms with Crippen LogP contribution in [0, 0.1) is 11.3 Å². The van der Waals surface area contributed by atoms with Crippen LogP contribution in [0.25, 0.3) is 11.3 Å². The number of likely N-dealkylation sites (N-methyl/N-ethyl adjacent to an activating group) is 1. The van der Waals surface area contributed by atoms with E-state index in [1.54, 1.807) is 17.2 Å². The van der Waals surface area contributed by atoms with E-state index in [0.29, 0.717) is 29.6 Å². The molecule has 1 aliphatic carbocycles. The number of aliphatic hydroxyl groups is 1. The average Bonchev–Trinajstić information content (AvgIpc) is 3.26. The fourth-order valence-corrected chi connectivity index (χ4v) is 3.52. The Labute approximate surface area is 183 Å². The van der Waals surface area contributed by atoms with Crippen LogP contribution in [0.1, 0.15) is 18.4 Å². The van der Waals surface area contributed by atoms with E-state index in [-0.39, 0.29) is 6.61 Å². The van der Waals surface area contributed by atoms with Crippen LogP contribution in [0.4, 0.5) is 23.0 Å². The van der Waals surface area contributed by atoms with Crippen molar-refractivity contribution >= 4 is 28.7 Å². The summed E-state index contributed by atoms with van der Waals surface area (Å²) >= 11 is 0. The van der Waals surface area contributed by atoms with Crippen LogP contribution in [-0.4, -0.2) is 60.7 Å². The van der Waals surface area contributed by atoms with Crippen LogP contribution in [0.15, 0.2) is 43.1 Å². The molecule has 3 N–H and O–H groups in total. The minimum absolute atomic E-state index is 0.0470. The number of fused-ring (bicyclic) bond motifs is 1. The van der Waals surface area contributed by atoms with Crippen molar-refractivity contribution in [1.82, 2.24) is 29.4 Å². The maximum Gasteiger partial charge on any atom is 0.177 e. The van der Waals surface area contributed by atoms with Crippen LogP contribution in [0.5, 0.6) is 0 Å². The molecule has 1 fully saturated rings. The van der Waals surface area contributed by atoms with Crippen molar-refractivity contribution in [2.75, 3.05) is 35.7 Å². The van der Waals surface area contributed by atoms with Crippen molar-refractivity contribution in [2.45, 2.75) is 18.9 Å². The second-order valence-corrected chi connectivity index (χ2v) is 7.69. The molecule has 1 aromatic carbocycles. The summed E-state index contributed by atoms with van der Waals surface area (Å²) < 4.78 is 3.48. The van der Waals surface area contributed by atoms with E-state index in [4.69, 9.17) is 0 Å². The van der Waals surface area contributed by atoms with Crippen LogP contribution < -0.4 is 15.5 Å². The second kappa shape index (κ2) is 8.16. The quantitative estimate of drug-likeness (QED) is 0.383. The number of aromatic nitrogens is 6. The fraction of sp³-hybridized carbons (Fsp3) is 0.286. The minimum atomic E-state index is 0.0470. The predicted octanol–water partition coefficient (Wildman–Crippen LogP) is 1.93. The third-order valence-electron chi connectivity index (χ3n) is 5.31. The Morgan fingerprint density at radius 1 is 1.25 bits per heavy atom. The summed E-state index contributed by atoms with van der Waals surface area (Å²) in [4.78, 5) is 6.59. The first-order valence-electron chi connectivity index (χ1n) is 10.3. The zero-order chi connectivity index (χ0) is 22.1. The molecular weight excluding hydrogens is 408 g/mol. The highest BCUT2D eigenvalue weighted by Gasteiger charge is 2.23. The van der Waals surface area contributed by atoms with Crippen molar-refractivity contribution in [3.63, 3.8) is 0 Å². The number of benzene rings is 1. The third-order valence-corrected chi connectivity index (χ3v) is 5.31. The molecule has 1 aliphatic rings. The minimum Gasteiger partial charge on any atom is -0.395 e. The molecule has 3 aromatic heterocycles. The summed E-state index contributed by atoms with van der Waals surface area (Å²) in [5, 5.41) is 37.7. The first-order valence-corrected chi connectivity index (χ1v) is 10.3. The van der Waals surface area contributed by atoms with Crippen molar-refractivity contribution in [2.24, 2.45) is 0 Å². The molecule has 11 heteroatoms. The molecule has 1 saturated carbocycles. The molecule has 0 spiro atoms. The van der Waals surface area contributed by atoms with Gasteiger partial charge in [0.15, 0.2) is 5.65 Å². The lowest BCUT2D eigenvalue weighted by atomic mass is 10.2. The Kier molecular flexibility index (Phi) is 5.04. The SMILES string of the molecule is CN(CCO)c1ccc(Nc2cc(NC3CC3)n3ncc(C#N)c3n2)cc1-n1cnnc1. The van der Waals surface area contributed by atoms with Gasteiger partial charge in [0, 0.05) is 31.4 Å². The predicted molar refractivity (Wildman–Crippen MR) is 119 cm³/mol. The van der Waals surface area contributed by atoms with Crippen LogP contribution in [-0.2, 0) is 0 Å². The van der Waals surface area contributed by atoms with Gasteiger partial charge in [0.05, 0.1) is 24.2 Å². The molecule has 0 radical (unpaired) electrons. The zero-order valence-corrected chi connectivity index (χ0v) is 17.5. The molecule has 11 nitrogen and oxygen atoms in total. The highest BCUT2D eigenvalue weighted by Crippen LogP contribution is 2.30. The zero-order valence-electron chi connectivity index (χ0n) is 17.5. The largest absolute Gasteiger partial charge is 0.395 e. The molecule has 162 valence electrons. The van der Waals surface area contributed by atoms with Crippen LogP contribution in [0.3, 0.4) is 0 Å². The molecule has 0 atom stereocenters. The molecule has 32 heavy (non-hydrogen) atoms. The molecular formula is C21H22N10O. The lowest BCUT2D eigenvalue weighted by molar-refractivity contribution is 0.304. The van der Waals surface area contributed by atoms with E-state index in [1.807, 2.05) is 40.8 Å². The van der Waals surface area contributed by atoms with Crippen molar-refractivity contribution in [3.05, 3.63) is 48.7 Å². The van der Waals surface area contributed by atoms with Gasteiger partial charge in [-0.15, -0.1) is 10.2 Å². The average molecular weight is 430 g/mol. The van der Waals surface area contributed by atoms with E-state index >= 15 is 0 Å². The standard InChI is InChI=1S/C21H22N10O/c1-29(6-7-32)17-5-4-16(8-18(17)30-12-23-24-13-30)26-19-9-20(27-15-2-3-15)31-21(28-19)14(10-22)11-25-31/h4-5,8-9,11-13,15,27,32H,2-3,6-7H2,1H3,(H,26,28). The lowest BCUT2D eigenvalue weighted by Gasteiger charge is -2.22. The Hall–Kier alpha value is -4.17. The summed E-state index contributed by atoms with van der Waals surface area (Å²) in [5.74, 6) is 1.39. The number of anilines is 4. The topological polar surface area (TPSA) is 132 Å². The normalized spacial score (nSPS) is 13.2. The summed E-state index contributed by atoms with van der Waals surface area (Å²) in [7, 11) is 1.92. The van der Waals surface area contributed by atoms with Gasteiger partial charge in [0.1, 0.15) is 35.9 Å². The lowest BCUT2D eigenvalue weighted by Crippen LogP contribution is -2.22. The Morgan fingerprint density at radius 3 is 2.78 bits per heavy atom. The smallest absolute Gasteiger partial charge is 0.177 e. The Morgan fingerprint density at radius 2 is 2.06 bits per heavy atom. The monoisotopic (exact) mass is 430 g/mol. The van der Waals surface area contributed by atoms with E-state index in [0.717, 1.165) is 35.7 Å². The van der Waals surface area contributed by atoms with Crippen LogP contribution in [0.2, 0.25) is 0 Å². The molecule has 0 bridgehead atoms. The summed E-state index contributed by atoms with van der Waals surface area (Å²) in [6, 6.07) is 10.3. The van der Waals surface area contributed by atoms with Crippen molar-refractivity contribution in [1.29, 1.82) is 5.26 Å². The fourth-order valence-electron chi connectivity index (χ4n) is 3.52. The van der Waals surface area contributed by atoms with Gasteiger partial charge in [-0.2, -0.15) is 14.9 Å². The van der Waals surface area contributed by atoms with Crippen LogP contribution >= 0.6 is 0 Å². The van der Waals surface area contributed by atoms with E-state index in [2.05, 4.69) is 37.0 Å². The number of hydrogen-bond donors (Lipinski definition) is 3. The first-order chi connectivity index (χ1) is 15.7. The third kappa shape index (κ3) is 3.79. The maximum absolute atomic E-state index is 9.44. The molecule has 0 saturated heterocycles. The second-order valence-electron chi connectivity index (χ2n) is 7.69. The number of nitriles is 1. The van der Waals surface area contributed by atoms with Gasteiger partial charge in [-0.3, -0.25) is 4.57 Å². The van der Waals surface area contributed by atoms with E-state index in [1.165, 1.54) is 6.20 Å². The number of aliphatic hydroxyl groups excluding tert-OH is 1. The van der Waals surface area contributed by atoms with Gasteiger partial charge in [0.2, 0.25) is 0 Å². The Bertz CT molecular complexity index is 1290. The summed E-state index contributed by atoms with van der Waals surface area (Å²) in [6.07, 6.45) is 7.01. The van der Waals surface area contributed by atoms with E-state index in [9.17, 15) is 10.4 Å². The van der Waals surface area contributed by atoms with E-state index < -0.39 is 0 Å². The molecule has 5 rings (SSSR count). The summed E-state index contributed by atoms with van der Waals surface area (Å²) in [5.41, 5.74) is 3.50. The highest BCUT2D eigenvalue weighted by atomic mass is 16.3. The highest BCUT2D eigenvalue weighted by molar-refractivity contribution is 5.72. The Balaban J connectivity index is 1.53. The number of nitrogens with one attached hydrogen (secondary N) is 2. The molecule has 4 aromatic rings. The first kappa shape index (κ1) is 19.8. The number of hydrogen-bond acceptors (Lipinski definition) is 9. The van der Waals surface area contributed by atoms with Gasteiger partial charge in [-0.25, -0.2) is 4.98 Å².